The Hall–Kier alpha value is -1.20. The fraction of sp³-hybridized carbons (Fsp3) is 0.231. The fourth-order valence-corrected chi connectivity index (χ4v) is 2.58. The predicted molar refractivity (Wildman–Crippen MR) is 80.3 cm³/mol. The third-order valence-electron chi connectivity index (χ3n) is 2.34. The van der Waals surface area contributed by atoms with Crippen molar-refractivity contribution in [1.82, 2.24) is 4.68 Å². The van der Waals surface area contributed by atoms with Gasteiger partial charge in [-0.3, -0.25) is 4.99 Å². The molecule has 0 amide bonds. The van der Waals surface area contributed by atoms with Gasteiger partial charge in [-0.15, -0.1) is 11.3 Å². The smallest absolute Gasteiger partial charge is 0.205 e. The van der Waals surface area contributed by atoms with Crippen molar-refractivity contribution in [3.63, 3.8) is 0 Å². The van der Waals surface area contributed by atoms with Gasteiger partial charge in [0.25, 0.3) is 0 Å². The van der Waals surface area contributed by atoms with Crippen molar-refractivity contribution in [1.29, 1.82) is 0 Å². The van der Waals surface area contributed by atoms with Crippen LogP contribution in [0.2, 0.25) is 0 Å². The van der Waals surface area contributed by atoms with Crippen LogP contribution in [0.1, 0.15) is 18.2 Å². The summed E-state index contributed by atoms with van der Waals surface area (Å²) < 4.78 is 2.94. The number of thiazole rings is 1. The Kier molecular flexibility index (Phi) is 4.49. The van der Waals surface area contributed by atoms with E-state index in [1.165, 1.54) is 0 Å². The van der Waals surface area contributed by atoms with E-state index >= 15 is 0 Å². The summed E-state index contributed by atoms with van der Waals surface area (Å²) >= 11 is 5.03. The van der Waals surface area contributed by atoms with Crippen LogP contribution in [-0.4, -0.2) is 17.4 Å². The van der Waals surface area contributed by atoms with Gasteiger partial charge in [-0.1, -0.05) is 28.1 Å². The first kappa shape index (κ1) is 13.2. The summed E-state index contributed by atoms with van der Waals surface area (Å²) in [5.74, 6) is 0. The van der Waals surface area contributed by atoms with Gasteiger partial charge in [-0.25, -0.2) is 4.68 Å². The largest absolute Gasteiger partial charge is 0.258 e. The van der Waals surface area contributed by atoms with Crippen LogP contribution in [0.15, 0.2) is 44.2 Å². The number of hydrogen-bond donors (Lipinski definition) is 0. The van der Waals surface area contributed by atoms with Crippen molar-refractivity contribution in [2.24, 2.45) is 10.1 Å². The minimum absolute atomic E-state index is 0.772. The second kappa shape index (κ2) is 6.11. The molecule has 0 bridgehead atoms. The minimum atomic E-state index is 0.772. The topological polar surface area (TPSA) is 29.6 Å². The molecule has 5 heteroatoms. The SMILES string of the molecule is CCN=c1scc(C)n1/N=C/c1ccc(Br)cc1. The van der Waals surface area contributed by atoms with Crippen LogP contribution in [0.3, 0.4) is 0 Å². The second-order valence-electron chi connectivity index (χ2n) is 3.74. The maximum absolute atomic E-state index is 4.48. The monoisotopic (exact) mass is 323 g/mol. The Bertz CT molecular complexity index is 608. The van der Waals surface area contributed by atoms with E-state index in [-0.39, 0.29) is 0 Å². The zero-order valence-electron chi connectivity index (χ0n) is 10.3. The molecule has 0 unspecified atom stereocenters. The van der Waals surface area contributed by atoms with Crippen LogP contribution in [0.4, 0.5) is 0 Å². The maximum atomic E-state index is 4.48. The molecule has 0 aliphatic rings. The van der Waals surface area contributed by atoms with Gasteiger partial charge in [0.15, 0.2) is 0 Å². The Labute approximate surface area is 119 Å². The first-order chi connectivity index (χ1) is 8.70. The Morgan fingerprint density at radius 1 is 1.33 bits per heavy atom. The van der Waals surface area contributed by atoms with E-state index in [1.807, 2.05) is 49.0 Å². The van der Waals surface area contributed by atoms with Crippen LogP contribution in [0, 0.1) is 6.92 Å². The number of aromatic nitrogens is 1. The van der Waals surface area contributed by atoms with Gasteiger partial charge in [0, 0.05) is 16.4 Å². The molecule has 0 radical (unpaired) electrons. The average Bonchev–Trinajstić information content (AvgIpc) is 2.71. The first-order valence-corrected chi connectivity index (χ1v) is 7.35. The lowest BCUT2D eigenvalue weighted by atomic mass is 10.2. The molecule has 18 heavy (non-hydrogen) atoms. The normalized spacial score (nSPS) is 12.5. The Morgan fingerprint density at radius 3 is 2.72 bits per heavy atom. The van der Waals surface area contributed by atoms with E-state index in [0.717, 1.165) is 27.1 Å². The number of hydrogen-bond acceptors (Lipinski definition) is 3. The van der Waals surface area contributed by atoms with Crippen LogP contribution in [0.25, 0.3) is 0 Å². The van der Waals surface area contributed by atoms with E-state index in [2.05, 4.69) is 31.4 Å². The molecule has 1 aromatic heterocycles. The average molecular weight is 324 g/mol. The molecule has 3 nitrogen and oxygen atoms in total. The Balaban J connectivity index is 2.31. The molecule has 94 valence electrons. The molecule has 1 aromatic carbocycles. The van der Waals surface area contributed by atoms with Crippen LogP contribution in [-0.2, 0) is 0 Å². The minimum Gasteiger partial charge on any atom is -0.258 e. The molecule has 2 aromatic rings. The predicted octanol–water partition coefficient (Wildman–Crippen LogP) is 3.42. The Morgan fingerprint density at radius 2 is 2.06 bits per heavy atom. The second-order valence-corrected chi connectivity index (χ2v) is 5.49. The van der Waals surface area contributed by atoms with Gasteiger partial charge in [-0.05, 0) is 31.5 Å². The highest BCUT2D eigenvalue weighted by molar-refractivity contribution is 9.10. The zero-order valence-corrected chi connectivity index (χ0v) is 12.7. The molecule has 0 aliphatic carbocycles. The third-order valence-corrected chi connectivity index (χ3v) is 3.84. The van der Waals surface area contributed by atoms with E-state index < -0.39 is 0 Å². The highest BCUT2D eigenvalue weighted by Crippen LogP contribution is 2.09. The van der Waals surface area contributed by atoms with Crippen molar-refractivity contribution >= 4 is 33.5 Å². The lowest BCUT2D eigenvalue weighted by Crippen LogP contribution is -2.12. The van der Waals surface area contributed by atoms with E-state index in [0.29, 0.717) is 0 Å². The van der Waals surface area contributed by atoms with Crippen molar-refractivity contribution in [2.75, 3.05) is 6.54 Å². The van der Waals surface area contributed by atoms with Crippen LogP contribution >= 0.6 is 27.3 Å². The number of halogens is 1. The number of rotatable bonds is 3. The van der Waals surface area contributed by atoms with Crippen LogP contribution < -0.4 is 4.80 Å². The van der Waals surface area contributed by atoms with Crippen molar-refractivity contribution in [3.8, 4) is 0 Å². The van der Waals surface area contributed by atoms with Gasteiger partial charge in [0.05, 0.1) is 11.9 Å². The van der Waals surface area contributed by atoms with E-state index in [1.54, 1.807) is 11.3 Å². The van der Waals surface area contributed by atoms with Gasteiger partial charge in [-0.2, -0.15) is 5.10 Å². The lowest BCUT2D eigenvalue weighted by molar-refractivity contribution is 0.794. The number of nitrogens with zero attached hydrogens (tertiary/aromatic N) is 3. The molecule has 0 fully saturated rings. The molecule has 0 N–H and O–H groups in total. The summed E-state index contributed by atoms with van der Waals surface area (Å²) in [5, 5.41) is 6.54. The molecule has 0 saturated carbocycles. The number of aryl methyl sites for hydroxylation is 1. The highest BCUT2D eigenvalue weighted by atomic mass is 79.9. The molecule has 1 heterocycles. The molecular formula is C13H14BrN3S. The molecule has 2 rings (SSSR count). The fourth-order valence-electron chi connectivity index (χ4n) is 1.44. The molecule has 0 aliphatic heterocycles. The number of benzene rings is 1. The zero-order chi connectivity index (χ0) is 13.0. The molecule has 0 atom stereocenters. The molecular weight excluding hydrogens is 310 g/mol. The van der Waals surface area contributed by atoms with Crippen molar-refractivity contribution < 1.29 is 0 Å². The summed E-state index contributed by atoms with van der Waals surface area (Å²) in [7, 11) is 0. The van der Waals surface area contributed by atoms with Crippen LogP contribution in [0.5, 0.6) is 0 Å². The highest BCUT2D eigenvalue weighted by Gasteiger charge is 1.98. The first-order valence-electron chi connectivity index (χ1n) is 5.68. The summed E-state index contributed by atoms with van der Waals surface area (Å²) in [6.45, 7) is 4.83. The van der Waals surface area contributed by atoms with Gasteiger partial charge >= 0.3 is 0 Å². The summed E-state index contributed by atoms with van der Waals surface area (Å²) in [4.78, 5) is 5.35. The standard InChI is InChI=1S/C13H14BrN3S/c1-3-15-13-17(10(2)9-18-13)16-8-11-4-6-12(14)7-5-11/h4-9H,3H2,1-2H3/b15-13?,16-8+. The van der Waals surface area contributed by atoms with Gasteiger partial charge in [0.2, 0.25) is 4.80 Å². The van der Waals surface area contributed by atoms with Gasteiger partial charge < -0.3 is 0 Å². The quantitative estimate of drug-likeness (QED) is 0.775. The maximum Gasteiger partial charge on any atom is 0.205 e. The summed E-state index contributed by atoms with van der Waals surface area (Å²) in [5.41, 5.74) is 2.17. The lowest BCUT2D eigenvalue weighted by Gasteiger charge is -1.97. The molecule has 0 saturated heterocycles. The van der Waals surface area contributed by atoms with Crippen molar-refractivity contribution in [2.45, 2.75) is 13.8 Å². The van der Waals surface area contributed by atoms with Gasteiger partial charge in [0.1, 0.15) is 0 Å². The van der Waals surface area contributed by atoms with E-state index in [9.17, 15) is 0 Å². The summed E-state index contributed by atoms with van der Waals surface area (Å²) in [6, 6.07) is 8.05. The molecule has 0 spiro atoms. The van der Waals surface area contributed by atoms with E-state index in [4.69, 9.17) is 0 Å². The third kappa shape index (κ3) is 3.17. The van der Waals surface area contributed by atoms with Crippen molar-refractivity contribution in [3.05, 3.63) is 50.2 Å². The summed E-state index contributed by atoms with van der Waals surface area (Å²) in [6.07, 6.45) is 1.85.